The number of benzene rings is 1. The van der Waals surface area contributed by atoms with Gasteiger partial charge < -0.3 is 25.6 Å². The first-order chi connectivity index (χ1) is 17.6. The average molecular weight is 544 g/mol. The van der Waals surface area contributed by atoms with Crippen LogP contribution in [-0.4, -0.2) is 52.7 Å². The van der Waals surface area contributed by atoms with Crippen LogP contribution in [0.5, 0.6) is 0 Å². The number of carbonyl (C=O) groups is 1. The van der Waals surface area contributed by atoms with Crippen molar-refractivity contribution in [3.63, 3.8) is 0 Å². The van der Waals surface area contributed by atoms with Crippen molar-refractivity contribution >= 4 is 52.4 Å². The van der Waals surface area contributed by atoms with Gasteiger partial charge in [0.25, 0.3) is 5.91 Å². The molecule has 3 aromatic rings. The molecule has 4 rings (SSSR count). The van der Waals surface area contributed by atoms with E-state index < -0.39 is 5.91 Å². The highest BCUT2D eigenvalue weighted by Gasteiger charge is 2.18. The standard InChI is InChI=1S/C26H31Cl2N7O2/c1-16-11-22(34-25(31-16)35-7-9-37-10-8-35)33-21-14-18(5-6-29-21)32-24(36)23-19(27)12-17(13-20(23)28)15-30-26(2,3)4/h5-6,11-14,30H,7-10,15H2,1-4H3,(H2,29,31,32,33,34,36). The van der Waals surface area contributed by atoms with E-state index in [-0.39, 0.29) is 21.1 Å². The Kier molecular flexibility index (Phi) is 8.49. The summed E-state index contributed by atoms with van der Waals surface area (Å²) in [5.41, 5.74) is 2.42. The van der Waals surface area contributed by atoms with Crippen molar-refractivity contribution < 1.29 is 9.53 Å². The number of aromatic nitrogens is 3. The van der Waals surface area contributed by atoms with Crippen molar-refractivity contribution in [3.8, 4) is 0 Å². The SMILES string of the molecule is Cc1cc(Nc2cc(NC(=O)c3c(Cl)cc(CNC(C)(C)C)cc3Cl)ccn2)nc(N2CCOCC2)n1. The molecule has 0 unspecified atom stereocenters. The summed E-state index contributed by atoms with van der Waals surface area (Å²) in [6.07, 6.45) is 1.60. The molecule has 1 saturated heterocycles. The van der Waals surface area contributed by atoms with Gasteiger partial charge in [-0.05, 0) is 51.5 Å². The number of ether oxygens (including phenoxy) is 1. The molecule has 9 nitrogen and oxygen atoms in total. The Morgan fingerprint density at radius 2 is 1.76 bits per heavy atom. The van der Waals surface area contributed by atoms with E-state index in [0.717, 1.165) is 24.3 Å². The summed E-state index contributed by atoms with van der Waals surface area (Å²) >= 11 is 12.9. The first-order valence-corrected chi connectivity index (χ1v) is 12.8. The van der Waals surface area contributed by atoms with E-state index in [1.54, 1.807) is 30.5 Å². The number of nitrogens with zero attached hydrogens (tertiary/aromatic N) is 4. The van der Waals surface area contributed by atoms with Crippen LogP contribution < -0.4 is 20.9 Å². The normalized spacial score (nSPS) is 13.9. The maximum Gasteiger partial charge on any atom is 0.258 e. The molecule has 11 heteroatoms. The topological polar surface area (TPSA) is 104 Å². The second kappa shape index (κ2) is 11.6. The van der Waals surface area contributed by atoms with Crippen LogP contribution in [0.4, 0.5) is 23.3 Å². The lowest BCUT2D eigenvalue weighted by Gasteiger charge is -2.27. The quantitative estimate of drug-likeness (QED) is 0.373. The van der Waals surface area contributed by atoms with E-state index in [1.807, 2.05) is 13.0 Å². The molecule has 1 aliphatic heterocycles. The van der Waals surface area contributed by atoms with Crippen LogP contribution in [0.25, 0.3) is 0 Å². The lowest BCUT2D eigenvalue weighted by molar-refractivity contribution is 0.102. The molecule has 1 aromatic carbocycles. The summed E-state index contributed by atoms with van der Waals surface area (Å²) in [5, 5.41) is 10.0. The first-order valence-electron chi connectivity index (χ1n) is 12.0. The van der Waals surface area contributed by atoms with Gasteiger partial charge in [0, 0.05) is 54.9 Å². The Hall–Kier alpha value is -2.98. The predicted octanol–water partition coefficient (Wildman–Crippen LogP) is 5.21. The van der Waals surface area contributed by atoms with Crippen LogP contribution in [0, 0.1) is 6.92 Å². The fourth-order valence-electron chi connectivity index (χ4n) is 3.73. The van der Waals surface area contributed by atoms with E-state index in [0.29, 0.717) is 43.0 Å². The zero-order valence-electron chi connectivity index (χ0n) is 21.4. The average Bonchev–Trinajstić information content (AvgIpc) is 2.82. The Labute approximate surface area is 227 Å². The van der Waals surface area contributed by atoms with Crippen molar-refractivity contribution in [3.05, 3.63) is 63.4 Å². The minimum Gasteiger partial charge on any atom is -0.378 e. The third-order valence-electron chi connectivity index (χ3n) is 5.56. The molecule has 0 atom stereocenters. The molecule has 2 aromatic heterocycles. The lowest BCUT2D eigenvalue weighted by atomic mass is 10.1. The van der Waals surface area contributed by atoms with Gasteiger partial charge in [-0.3, -0.25) is 4.79 Å². The molecule has 0 saturated carbocycles. The fraction of sp³-hybridized carbons (Fsp3) is 0.385. The molecule has 0 spiro atoms. The summed E-state index contributed by atoms with van der Waals surface area (Å²) in [7, 11) is 0. The van der Waals surface area contributed by atoms with Crippen LogP contribution in [0.2, 0.25) is 10.0 Å². The summed E-state index contributed by atoms with van der Waals surface area (Å²) in [4.78, 5) is 28.7. The molecular weight excluding hydrogens is 513 g/mol. The van der Waals surface area contributed by atoms with Gasteiger partial charge in [-0.1, -0.05) is 23.2 Å². The van der Waals surface area contributed by atoms with Gasteiger partial charge >= 0.3 is 0 Å². The lowest BCUT2D eigenvalue weighted by Crippen LogP contribution is -2.37. The number of halogens is 2. The van der Waals surface area contributed by atoms with Gasteiger partial charge in [0.1, 0.15) is 11.6 Å². The first kappa shape index (κ1) is 27.1. The zero-order valence-corrected chi connectivity index (χ0v) is 22.9. The summed E-state index contributed by atoms with van der Waals surface area (Å²) in [6, 6.07) is 8.75. The van der Waals surface area contributed by atoms with Crippen molar-refractivity contribution in [2.75, 3.05) is 41.8 Å². The third kappa shape index (κ3) is 7.52. The number of amides is 1. The Bertz CT molecular complexity index is 1250. The highest BCUT2D eigenvalue weighted by molar-refractivity contribution is 6.40. The van der Waals surface area contributed by atoms with E-state index >= 15 is 0 Å². The van der Waals surface area contributed by atoms with Crippen LogP contribution in [0.3, 0.4) is 0 Å². The summed E-state index contributed by atoms with van der Waals surface area (Å²) < 4.78 is 5.42. The van der Waals surface area contributed by atoms with E-state index in [4.69, 9.17) is 27.9 Å². The Morgan fingerprint density at radius 3 is 2.43 bits per heavy atom. The number of hydrogen-bond donors (Lipinski definition) is 3. The second-order valence-electron chi connectivity index (χ2n) is 9.84. The number of hydrogen-bond acceptors (Lipinski definition) is 8. The number of anilines is 4. The van der Waals surface area contributed by atoms with Crippen molar-refractivity contribution in [1.29, 1.82) is 0 Å². The molecule has 1 aliphatic rings. The number of nitrogens with one attached hydrogen (secondary N) is 3. The van der Waals surface area contributed by atoms with E-state index in [9.17, 15) is 4.79 Å². The summed E-state index contributed by atoms with van der Waals surface area (Å²) in [5.74, 6) is 1.36. The molecule has 0 bridgehead atoms. The fourth-order valence-corrected chi connectivity index (χ4v) is 4.44. The maximum absolute atomic E-state index is 13.0. The zero-order chi connectivity index (χ0) is 26.6. The number of pyridine rings is 1. The Balaban J connectivity index is 1.47. The minimum absolute atomic E-state index is 0.0589. The molecule has 0 radical (unpaired) electrons. The molecule has 3 heterocycles. The van der Waals surface area contributed by atoms with Gasteiger partial charge in [-0.15, -0.1) is 0 Å². The molecular formula is C26H31Cl2N7O2. The molecule has 1 fully saturated rings. The van der Waals surface area contributed by atoms with Gasteiger partial charge in [0.15, 0.2) is 0 Å². The number of rotatable bonds is 7. The van der Waals surface area contributed by atoms with Crippen molar-refractivity contribution in [2.45, 2.75) is 39.8 Å². The smallest absolute Gasteiger partial charge is 0.258 e. The summed E-state index contributed by atoms with van der Waals surface area (Å²) in [6.45, 7) is 11.5. The molecule has 196 valence electrons. The van der Waals surface area contributed by atoms with E-state index in [1.165, 1.54) is 0 Å². The molecule has 1 amide bonds. The highest BCUT2D eigenvalue weighted by atomic mass is 35.5. The maximum atomic E-state index is 13.0. The predicted molar refractivity (Wildman–Crippen MR) is 148 cm³/mol. The van der Waals surface area contributed by atoms with Crippen LogP contribution in [0.1, 0.15) is 42.4 Å². The van der Waals surface area contributed by atoms with Gasteiger partial charge in [0.2, 0.25) is 5.95 Å². The van der Waals surface area contributed by atoms with Crippen molar-refractivity contribution in [1.82, 2.24) is 20.3 Å². The van der Waals surface area contributed by atoms with E-state index in [2.05, 4.69) is 56.6 Å². The van der Waals surface area contributed by atoms with Gasteiger partial charge in [0.05, 0.1) is 28.8 Å². The number of aryl methyl sites for hydroxylation is 1. The largest absolute Gasteiger partial charge is 0.378 e. The highest BCUT2D eigenvalue weighted by Crippen LogP contribution is 2.28. The monoisotopic (exact) mass is 543 g/mol. The van der Waals surface area contributed by atoms with Gasteiger partial charge in [-0.2, -0.15) is 4.98 Å². The minimum atomic E-state index is -0.407. The van der Waals surface area contributed by atoms with Crippen LogP contribution >= 0.6 is 23.2 Å². The van der Waals surface area contributed by atoms with Crippen LogP contribution in [-0.2, 0) is 11.3 Å². The van der Waals surface area contributed by atoms with Gasteiger partial charge in [-0.25, -0.2) is 9.97 Å². The van der Waals surface area contributed by atoms with Crippen LogP contribution in [0.15, 0.2) is 36.5 Å². The number of carbonyl (C=O) groups excluding carboxylic acids is 1. The van der Waals surface area contributed by atoms with Crippen molar-refractivity contribution in [2.24, 2.45) is 0 Å². The molecule has 37 heavy (non-hydrogen) atoms. The third-order valence-corrected chi connectivity index (χ3v) is 6.16. The molecule has 3 N–H and O–H groups in total. The number of morpholine rings is 1. The second-order valence-corrected chi connectivity index (χ2v) is 10.7. The molecule has 0 aliphatic carbocycles. The Morgan fingerprint density at radius 1 is 1.05 bits per heavy atom.